The molecule has 1 aromatic rings. The van der Waals surface area contributed by atoms with Gasteiger partial charge in [-0.25, -0.2) is 0 Å². The van der Waals surface area contributed by atoms with Crippen LogP contribution in [-0.4, -0.2) is 47.8 Å². The summed E-state index contributed by atoms with van der Waals surface area (Å²) in [4.78, 5) is 6.91. The first kappa shape index (κ1) is 13.5. The lowest BCUT2D eigenvalue weighted by molar-refractivity contribution is 0.301. The number of aromatic nitrogens is 2. The summed E-state index contributed by atoms with van der Waals surface area (Å²) in [6.45, 7) is 11.7. The molecule has 5 heteroatoms. The molecule has 2 atom stereocenters. The van der Waals surface area contributed by atoms with Gasteiger partial charge in [-0.15, -0.1) is 0 Å². The van der Waals surface area contributed by atoms with Gasteiger partial charge in [-0.3, -0.25) is 0 Å². The molecule has 0 aliphatic carbocycles. The Hall–Kier alpha value is -0.940. The van der Waals surface area contributed by atoms with E-state index in [-0.39, 0.29) is 0 Å². The van der Waals surface area contributed by atoms with E-state index in [4.69, 9.17) is 4.52 Å². The average Bonchev–Trinajstić information content (AvgIpc) is 2.99. The van der Waals surface area contributed by atoms with Gasteiger partial charge in [0.25, 0.3) is 0 Å². The second kappa shape index (κ2) is 6.29. The van der Waals surface area contributed by atoms with Crippen molar-refractivity contribution in [3.8, 4) is 0 Å². The highest BCUT2D eigenvalue weighted by molar-refractivity contribution is 5.01. The van der Waals surface area contributed by atoms with Gasteiger partial charge in [0.15, 0.2) is 5.82 Å². The van der Waals surface area contributed by atoms with Crippen LogP contribution in [0.15, 0.2) is 4.52 Å². The first-order valence-electron chi connectivity index (χ1n) is 7.00. The highest BCUT2D eigenvalue weighted by Crippen LogP contribution is 2.26. The Balaban J connectivity index is 1.90. The van der Waals surface area contributed by atoms with Crippen molar-refractivity contribution >= 4 is 0 Å². The van der Waals surface area contributed by atoms with Crippen LogP contribution in [0.4, 0.5) is 0 Å². The fourth-order valence-corrected chi connectivity index (χ4v) is 2.46. The van der Waals surface area contributed by atoms with Crippen LogP contribution in [0.25, 0.3) is 0 Å². The third-order valence-corrected chi connectivity index (χ3v) is 3.86. The Morgan fingerprint density at radius 1 is 1.33 bits per heavy atom. The molecule has 0 aromatic carbocycles. The van der Waals surface area contributed by atoms with E-state index in [0.717, 1.165) is 50.9 Å². The maximum Gasteiger partial charge on any atom is 0.231 e. The third-order valence-electron chi connectivity index (χ3n) is 3.86. The fraction of sp³-hybridized carbons (Fsp3) is 0.846. The van der Waals surface area contributed by atoms with Crippen molar-refractivity contribution < 1.29 is 4.52 Å². The zero-order valence-electron chi connectivity index (χ0n) is 11.6. The maximum absolute atomic E-state index is 5.40. The first-order valence-corrected chi connectivity index (χ1v) is 7.00. The molecule has 0 bridgehead atoms. The number of likely N-dealkylation sites (N-methyl/N-ethyl adjacent to an activating group) is 1. The van der Waals surface area contributed by atoms with Gasteiger partial charge >= 0.3 is 0 Å². The molecule has 0 amide bonds. The lowest BCUT2D eigenvalue weighted by atomic mass is 9.98. The standard InChI is InChI=1S/C13H24N4O/c1-4-17(5-2)7-6-12-15-13(18-16-12)11-9-14-8-10(11)3/h10-11,14H,4-9H2,1-3H3/t10-,11-/m1/s1. The van der Waals surface area contributed by atoms with E-state index in [1.807, 2.05) is 0 Å². The molecule has 1 aliphatic rings. The first-order chi connectivity index (χ1) is 8.74. The molecule has 102 valence electrons. The maximum atomic E-state index is 5.40. The van der Waals surface area contributed by atoms with Crippen LogP contribution in [0.3, 0.4) is 0 Å². The Kier molecular flexibility index (Phi) is 4.72. The van der Waals surface area contributed by atoms with Gasteiger partial charge in [-0.05, 0) is 25.6 Å². The zero-order valence-corrected chi connectivity index (χ0v) is 11.6. The quantitative estimate of drug-likeness (QED) is 0.826. The fourth-order valence-electron chi connectivity index (χ4n) is 2.46. The van der Waals surface area contributed by atoms with E-state index >= 15 is 0 Å². The van der Waals surface area contributed by atoms with Crippen LogP contribution in [0.2, 0.25) is 0 Å². The van der Waals surface area contributed by atoms with Gasteiger partial charge in [-0.2, -0.15) is 4.98 Å². The van der Waals surface area contributed by atoms with E-state index in [2.05, 4.69) is 41.1 Å². The second-order valence-corrected chi connectivity index (χ2v) is 5.07. The Labute approximate surface area is 109 Å². The van der Waals surface area contributed by atoms with Gasteiger partial charge in [-0.1, -0.05) is 25.9 Å². The van der Waals surface area contributed by atoms with Crippen LogP contribution < -0.4 is 5.32 Å². The molecule has 0 spiro atoms. The Bertz CT molecular complexity index is 362. The number of nitrogens with zero attached hydrogens (tertiary/aromatic N) is 3. The van der Waals surface area contributed by atoms with E-state index in [1.54, 1.807) is 0 Å². The van der Waals surface area contributed by atoms with Crippen LogP contribution in [-0.2, 0) is 6.42 Å². The molecule has 1 aromatic heterocycles. The normalized spacial score (nSPS) is 24.0. The minimum atomic E-state index is 0.389. The SMILES string of the molecule is CCN(CC)CCc1noc([C@@H]2CNC[C@H]2C)n1. The largest absolute Gasteiger partial charge is 0.339 e. The summed E-state index contributed by atoms with van der Waals surface area (Å²) in [7, 11) is 0. The van der Waals surface area contributed by atoms with Crippen LogP contribution in [0.1, 0.15) is 38.4 Å². The average molecular weight is 252 g/mol. The predicted octanol–water partition coefficient (Wildman–Crippen LogP) is 1.28. The third kappa shape index (κ3) is 3.09. The van der Waals surface area contributed by atoms with Crippen LogP contribution >= 0.6 is 0 Å². The summed E-state index contributed by atoms with van der Waals surface area (Å²) in [6.07, 6.45) is 0.875. The summed E-state index contributed by atoms with van der Waals surface area (Å²) in [5, 5.41) is 7.46. The summed E-state index contributed by atoms with van der Waals surface area (Å²) in [5.41, 5.74) is 0. The summed E-state index contributed by atoms with van der Waals surface area (Å²) in [5.74, 6) is 2.62. The lowest BCUT2D eigenvalue weighted by Crippen LogP contribution is -2.25. The van der Waals surface area contributed by atoms with Crippen LogP contribution in [0.5, 0.6) is 0 Å². The van der Waals surface area contributed by atoms with E-state index in [9.17, 15) is 0 Å². The zero-order chi connectivity index (χ0) is 13.0. The molecule has 1 N–H and O–H groups in total. The lowest BCUT2D eigenvalue weighted by Gasteiger charge is -2.16. The topological polar surface area (TPSA) is 54.2 Å². The Morgan fingerprint density at radius 2 is 2.11 bits per heavy atom. The minimum Gasteiger partial charge on any atom is -0.339 e. The molecule has 5 nitrogen and oxygen atoms in total. The molecule has 0 saturated carbocycles. The van der Waals surface area contributed by atoms with E-state index in [0.29, 0.717) is 11.8 Å². The van der Waals surface area contributed by atoms with Gasteiger partial charge in [0.1, 0.15) is 0 Å². The van der Waals surface area contributed by atoms with Crippen molar-refractivity contribution in [1.82, 2.24) is 20.4 Å². The van der Waals surface area contributed by atoms with Crippen LogP contribution in [0, 0.1) is 5.92 Å². The van der Waals surface area contributed by atoms with Crippen molar-refractivity contribution in [3.05, 3.63) is 11.7 Å². The minimum absolute atomic E-state index is 0.389. The van der Waals surface area contributed by atoms with Gasteiger partial charge in [0, 0.05) is 19.5 Å². The summed E-state index contributed by atoms with van der Waals surface area (Å²) in [6, 6.07) is 0. The van der Waals surface area contributed by atoms with Crippen molar-refractivity contribution in [3.63, 3.8) is 0 Å². The molecular weight excluding hydrogens is 228 g/mol. The predicted molar refractivity (Wildman–Crippen MR) is 70.6 cm³/mol. The molecule has 1 fully saturated rings. The van der Waals surface area contributed by atoms with Crippen molar-refractivity contribution in [1.29, 1.82) is 0 Å². The molecule has 1 aliphatic heterocycles. The molecule has 0 unspecified atom stereocenters. The number of nitrogens with one attached hydrogen (secondary N) is 1. The number of hydrogen-bond donors (Lipinski definition) is 1. The highest BCUT2D eigenvalue weighted by atomic mass is 16.5. The Morgan fingerprint density at radius 3 is 2.72 bits per heavy atom. The van der Waals surface area contributed by atoms with Crippen molar-refractivity contribution in [2.45, 2.75) is 33.1 Å². The van der Waals surface area contributed by atoms with Gasteiger partial charge in [0.05, 0.1) is 5.92 Å². The molecule has 2 rings (SSSR count). The van der Waals surface area contributed by atoms with E-state index < -0.39 is 0 Å². The monoisotopic (exact) mass is 252 g/mol. The molecule has 2 heterocycles. The van der Waals surface area contributed by atoms with Gasteiger partial charge < -0.3 is 14.7 Å². The molecule has 1 saturated heterocycles. The van der Waals surface area contributed by atoms with Gasteiger partial charge in [0.2, 0.25) is 5.89 Å². The van der Waals surface area contributed by atoms with Crippen molar-refractivity contribution in [2.75, 3.05) is 32.7 Å². The molecule has 18 heavy (non-hydrogen) atoms. The summed E-state index contributed by atoms with van der Waals surface area (Å²) < 4.78 is 5.40. The second-order valence-electron chi connectivity index (χ2n) is 5.07. The van der Waals surface area contributed by atoms with Crippen molar-refractivity contribution in [2.24, 2.45) is 5.92 Å². The number of hydrogen-bond acceptors (Lipinski definition) is 5. The molecular formula is C13H24N4O. The number of rotatable bonds is 6. The summed E-state index contributed by atoms with van der Waals surface area (Å²) >= 11 is 0. The smallest absolute Gasteiger partial charge is 0.231 e. The van der Waals surface area contributed by atoms with E-state index in [1.165, 1.54) is 0 Å². The molecule has 0 radical (unpaired) electrons. The highest BCUT2D eigenvalue weighted by Gasteiger charge is 2.29.